The van der Waals surface area contributed by atoms with E-state index in [1.165, 1.54) is 25.4 Å². The normalized spacial score (nSPS) is 19.1. The molecule has 1 saturated heterocycles. The Kier molecular flexibility index (Phi) is 5.76. The number of nitrogens with zero attached hydrogens (tertiary/aromatic N) is 1. The number of carboxylic acid groups (broad SMARTS) is 1. The predicted molar refractivity (Wildman–Crippen MR) is 98.4 cm³/mol. The zero-order valence-electron chi connectivity index (χ0n) is 15.0. The lowest BCUT2D eigenvalue weighted by Crippen LogP contribution is -2.41. The summed E-state index contributed by atoms with van der Waals surface area (Å²) in [6, 6.07) is 1.44. The minimum atomic E-state index is -1.04. The van der Waals surface area contributed by atoms with Gasteiger partial charge in [0.2, 0.25) is 0 Å². The van der Waals surface area contributed by atoms with E-state index >= 15 is 0 Å². The summed E-state index contributed by atoms with van der Waals surface area (Å²) in [6.07, 6.45) is 4.60. The molecule has 1 aromatic rings. The highest BCUT2D eigenvalue weighted by Crippen LogP contribution is 2.39. The van der Waals surface area contributed by atoms with E-state index in [1.54, 1.807) is 6.08 Å². The van der Waals surface area contributed by atoms with Crippen LogP contribution < -0.4 is 0 Å². The van der Waals surface area contributed by atoms with Crippen LogP contribution in [0.5, 0.6) is 0 Å². The second-order valence-corrected chi connectivity index (χ2v) is 8.01. The van der Waals surface area contributed by atoms with Crippen LogP contribution in [0.1, 0.15) is 50.5 Å². The fourth-order valence-corrected chi connectivity index (χ4v) is 2.86. The monoisotopic (exact) mass is 363 g/mol. The molecular formula is C17H22BNO5S. The first-order chi connectivity index (χ1) is 11.5. The van der Waals surface area contributed by atoms with Crippen molar-refractivity contribution < 1.29 is 24.0 Å². The van der Waals surface area contributed by atoms with E-state index in [4.69, 9.17) is 9.31 Å². The molecule has 0 atom stereocenters. The Morgan fingerprint density at radius 3 is 2.40 bits per heavy atom. The van der Waals surface area contributed by atoms with E-state index in [-0.39, 0.29) is 10.7 Å². The number of hydrogen-bond donors (Lipinski definition) is 1. The van der Waals surface area contributed by atoms with E-state index in [9.17, 15) is 14.7 Å². The van der Waals surface area contributed by atoms with Gasteiger partial charge in [-0.05, 0) is 39.2 Å². The summed E-state index contributed by atoms with van der Waals surface area (Å²) in [5.41, 5.74) is 0.222. The average Bonchev–Trinajstić information content (AvgIpc) is 2.71. The van der Waals surface area contributed by atoms with E-state index in [2.05, 4.69) is 4.98 Å². The number of pyridine rings is 1. The van der Waals surface area contributed by atoms with E-state index in [1.807, 2.05) is 27.7 Å². The van der Waals surface area contributed by atoms with E-state index in [0.717, 1.165) is 11.8 Å². The highest BCUT2D eigenvalue weighted by atomic mass is 32.2. The van der Waals surface area contributed by atoms with Gasteiger partial charge in [-0.3, -0.25) is 9.78 Å². The van der Waals surface area contributed by atoms with Crippen molar-refractivity contribution in [3.05, 3.63) is 35.1 Å². The molecule has 0 amide bonds. The van der Waals surface area contributed by atoms with Crippen LogP contribution in [0.4, 0.5) is 0 Å². The Hall–Kier alpha value is -1.64. The topological polar surface area (TPSA) is 85.7 Å². The van der Waals surface area contributed by atoms with Crippen molar-refractivity contribution in [3.8, 4) is 0 Å². The first kappa shape index (κ1) is 19.7. The molecule has 134 valence electrons. The lowest BCUT2D eigenvalue weighted by molar-refractivity contribution is -0.109. The van der Waals surface area contributed by atoms with Crippen LogP contribution >= 0.6 is 11.8 Å². The molecule has 1 aliphatic heterocycles. The molecule has 0 radical (unpaired) electrons. The van der Waals surface area contributed by atoms with E-state index < -0.39 is 24.3 Å². The highest BCUT2D eigenvalue weighted by molar-refractivity contribution is 8.13. The van der Waals surface area contributed by atoms with Crippen LogP contribution in [0.15, 0.2) is 23.9 Å². The maximum Gasteiger partial charge on any atom is 0.491 e. The third-order valence-electron chi connectivity index (χ3n) is 4.42. The lowest BCUT2D eigenvalue weighted by atomic mass is 9.78. The van der Waals surface area contributed by atoms with Gasteiger partial charge >= 0.3 is 13.1 Å². The summed E-state index contributed by atoms with van der Waals surface area (Å²) in [6.45, 7) is 9.25. The molecule has 2 heterocycles. The van der Waals surface area contributed by atoms with Gasteiger partial charge in [-0.1, -0.05) is 17.8 Å². The molecule has 0 saturated carbocycles. The average molecular weight is 363 g/mol. The van der Waals surface area contributed by atoms with Crippen LogP contribution in [-0.4, -0.2) is 45.2 Å². The molecule has 6 nitrogen and oxygen atoms in total. The largest absolute Gasteiger partial charge is 0.491 e. The standard InChI is InChI=1S/C17H22BNO5S/c1-11(20)25-10-13(18-23-16(2,3)17(4,5)24-18)8-12-9-19-7-6-14(12)15(21)22/h6-9H,10H2,1-5H3,(H,21,22). The number of carbonyl (C=O) groups is 2. The molecule has 25 heavy (non-hydrogen) atoms. The Bertz CT molecular complexity index is 701. The first-order valence-corrected chi connectivity index (χ1v) is 8.89. The second kappa shape index (κ2) is 7.31. The highest BCUT2D eigenvalue weighted by Gasteiger charge is 2.52. The van der Waals surface area contributed by atoms with Gasteiger partial charge in [-0.25, -0.2) is 4.79 Å². The minimum absolute atomic E-state index is 0.0351. The summed E-state index contributed by atoms with van der Waals surface area (Å²) in [5, 5.41) is 9.31. The zero-order chi connectivity index (χ0) is 18.8. The second-order valence-electron chi connectivity index (χ2n) is 6.86. The molecule has 0 bridgehead atoms. The van der Waals surface area contributed by atoms with Gasteiger partial charge in [0.25, 0.3) is 0 Å². The quantitative estimate of drug-likeness (QED) is 0.805. The first-order valence-electron chi connectivity index (χ1n) is 7.90. The Balaban J connectivity index is 2.41. The number of aromatic nitrogens is 1. The summed E-state index contributed by atoms with van der Waals surface area (Å²) < 4.78 is 12.1. The number of carbonyl (C=O) groups excluding carboxylic acids is 1. The fourth-order valence-electron chi connectivity index (χ4n) is 2.27. The maximum absolute atomic E-state index is 11.4. The SMILES string of the molecule is CC(=O)SCC(=Cc1cnccc1C(=O)O)B1OC(C)(C)C(C)(C)O1. The van der Waals surface area contributed by atoms with Gasteiger partial charge in [-0.15, -0.1) is 0 Å². The van der Waals surface area contributed by atoms with Crippen LogP contribution in [0, 0.1) is 0 Å². The van der Waals surface area contributed by atoms with Gasteiger partial charge in [0.05, 0.1) is 16.8 Å². The third kappa shape index (κ3) is 4.51. The molecule has 1 aromatic heterocycles. The molecule has 0 unspecified atom stereocenters. The molecule has 0 spiro atoms. The molecule has 2 rings (SSSR count). The third-order valence-corrected chi connectivity index (χ3v) is 5.31. The van der Waals surface area contributed by atoms with Crippen LogP contribution in [0.25, 0.3) is 6.08 Å². The summed E-state index contributed by atoms with van der Waals surface area (Å²) >= 11 is 1.12. The summed E-state index contributed by atoms with van der Waals surface area (Å²) in [5.74, 6) is -0.693. The van der Waals surface area contributed by atoms with Crippen LogP contribution in [0.2, 0.25) is 0 Å². The van der Waals surface area contributed by atoms with Crippen molar-refractivity contribution in [2.45, 2.75) is 45.8 Å². The van der Waals surface area contributed by atoms with Crippen molar-refractivity contribution >= 4 is 36.0 Å². The molecule has 0 aromatic carbocycles. The molecule has 1 N–H and O–H groups in total. The number of hydrogen-bond acceptors (Lipinski definition) is 6. The number of rotatable bonds is 5. The van der Waals surface area contributed by atoms with Gasteiger partial charge in [0.1, 0.15) is 0 Å². The molecule has 1 fully saturated rings. The van der Waals surface area contributed by atoms with Crippen LogP contribution in [-0.2, 0) is 14.1 Å². The number of thioether (sulfide) groups is 1. The smallest absolute Gasteiger partial charge is 0.478 e. The van der Waals surface area contributed by atoms with Gasteiger partial charge in [-0.2, -0.15) is 0 Å². The zero-order valence-corrected chi connectivity index (χ0v) is 15.8. The Morgan fingerprint density at radius 1 is 1.28 bits per heavy atom. The predicted octanol–water partition coefficient (Wildman–Crippen LogP) is 3.07. The van der Waals surface area contributed by atoms with E-state index in [0.29, 0.717) is 16.8 Å². The van der Waals surface area contributed by atoms with Gasteiger partial charge in [0, 0.05) is 30.6 Å². The molecule has 0 aliphatic carbocycles. The Labute approximate surface area is 152 Å². The summed E-state index contributed by atoms with van der Waals surface area (Å²) in [4.78, 5) is 26.8. The van der Waals surface area contributed by atoms with Crippen LogP contribution in [0.3, 0.4) is 0 Å². The maximum atomic E-state index is 11.4. The molecule has 8 heteroatoms. The number of aromatic carboxylic acids is 1. The summed E-state index contributed by atoms with van der Waals surface area (Å²) in [7, 11) is -0.654. The van der Waals surface area contributed by atoms with Crippen molar-refractivity contribution in [3.63, 3.8) is 0 Å². The lowest BCUT2D eigenvalue weighted by Gasteiger charge is -2.32. The fraction of sp³-hybridized carbons (Fsp3) is 0.471. The van der Waals surface area contributed by atoms with Crippen molar-refractivity contribution in [1.29, 1.82) is 0 Å². The van der Waals surface area contributed by atoms with Gasteiger partial charge in [0.15, 0.2) is 5.12 Å². The number of carboxylic acids is 1. The Morgan fingerprint density at radius 2 is 1.88 bits per heavy atom. The van der Waals surface area contributed by atoms with Crippen molar-refractivity contribution in [2.75, 3.05) is 5.75 Å². The molecule has 1 aliphatic rings. The minimum Gasteiger partial charge on any atom is -0.478 e. The van der Waals surface area contributed by atoms with Gasteiger partial charge < -0.3 is 14.4 Å². The molecular weight excluding hydrogens is 341 g/mol. The van der Waals surface area contributed by atoms with Crippen molar-refractivity contribution in [1.82, 2.24) is 4.98 Å². The van der Waals surface area contributed by atoms with Crippen molar-refractivity contribution in [2.24, 2.45) is 0 Å².